The number of benzene rings is 2. The Morgan fingerprint density at radius 3 is 2.62 bits per heavy atom. The summed E-state index contributed by atoms with van der Waals surface area (Å²) < 4.78 is 14.1. The summed E-state index contributed by atoms with van der Waals surface area (Å²) in [5, 5.41) is 6.07. The fourth-order valence-corrected chi connectivity index (χ4v) is 5.37. The number of nitrogens with two attached hydrogens (primary N) is 1. The van der Waals surface area contributed by atoms with Gasteiger partial charge in [0.2, 0.25) is 23.6 Å². The van der Waals surface area contributed by atoms with Crippen LogP contribution in [0.2, 0.25) is 5.02 Å². The van der Waals surface area contributed by atoms with Gasteiger partial charge >= 0.3 is 0 Å². The molecule has 0 aliphatic carbocycles. The summed E-state index contributed by atoms with van der Waals surface area (Å²) in [6, 6.07) is 9.68. The van der Waals surface area contributed by atoms with Gasteiger partial charge < -0.3 is 11.1 Å². The number of nitrogens with zero attached hydrogens (tertiary/aromatic N) is 1. The van der Waals surface area contributed by atoms with Gasteiger partial charge in [-0.2, -0.15) is 0 Å². The van der Waals surface area contributed by atoms with Crippen molar-refractivity contribution in [3.05, 3.63) is 64.4 Å². The lowest BCUT2D eigenvalue weighted by Gasteiger charge is -2.29. The highest BCUT2D eigenvalue weighted by Crippen LogP contribution is 2.53. The highest BCUT2D eigenvalue weighted by atomic mass is 35.5. The summed E-state index contributed by atoms with van der Waals surface area (Å²) in [4.78, 5) is 53.0. The monoisotopic (exact) mass is 456 g/mol. The molecule has 4 amide bonds. The Hall–Kier alpha value is -3.30. The van der Waals surface area contributed by atoms with Crippen LogP contribution < -0.4 is 16.4 Å². The Balaban J connectivity index is 1.62. The first-order chi connectivity index (χ1) is 15.2. The van der Waals surface area contributed by atoms with Gasteiger partial charge in [0.05, 0.1) is 18.4 Å². The van der Waals surface area contributed by atoms with Crippen LogP contribution in [0.3, 0.4) is 0 Å². The topological polar surface area (TPSA) is 122 Å². The van der Waals surface area contributed by atoms with Gasteiger partial charge in [0.1, 0.15) is 11.4 Å². The van der Waals surface area contributed by atoms with E-state index in [9.17, 15) is 23.6 Å². The molecule has 2 saturated heterocycles. The second kappa shape index (κ2) is 7.11. The third-order valence-corrected chi connectivity index (χ3v) is 6.84. The summed E-state index contributed by atoms with van der Waals surface area (Å²) in [6.45, 7) is -0.0820. The molecule has 4 N–H and O–H groups in total. The van der Waals surface area contributed by atoms with Gasteiger partial charge in [-0.3, -0.25) is 29.4 Å². The number of carbonyl (C=O) groups is 4. The van der Waals surface area contributed by atoms with Gasteiger partial charge in [-0.1, -0.05) is 29.8 Å². The first-order valence-electron chi connectivity index (χ1n) is 10.00. The minimum Gasteiger partial charge on any atom is -0.370 e. The SMILES string of the molecule is NC(=O)CC1NC2(C(=O)Nc3ccc(F)cc32)[C@@H]2C(=O)N(Cc3ccccc3Cl)C(=O)[C@H]12. The van der Waals surface area contributed by atoms with Gasteiger partial charge in [-0.05, 0) is 29.8 Å². The van der Waals surface area contributed by atoms with E-state index in [0.717, 1.165) is 4.90 Å². The smallest absolute Gasteiger partial charge is 0.250 e. The van der Waals surface area contributed by atoms with Crippen LogP contribution in [-0.2, 0) is 31.3 Å². The first kappa shape index (κ1) is 20.6. The Bertz CT molecular complexity index is 1200. The number of amides is 4. The van der Waals surface area contributed by atoms with Gasteiger partial charge in [0, 0.05) is 28.7 Å². The van der Waals surface area contributed by atoms with Crippen LogP contribution in [0.1, 0.15) is 17.5 Å². The molecular weight excluding hydrogens is 439 g/mol. The number of primary amides is 1. The molecule has 32 heavy (non-hydrogen) atoms. The highest BCUT2D eigenvalue weighted by molar-refractivity contribution is 6.31. The summed E-state index contributed by atoms with van der Waals surface area (Å²) in [7, 11) is 0. The summed E-state index contributed by atoms with van der Waals surface area (Å²) in [5.41, 5.74) is 4.83. The van der Waals surface area contributed by atoms with E-state index in [-0.39, 0.29) is 18.5 Å². The van der Waals surface area contributed by atoms with E-state index < -0.39 is 52.9 Å². The van der Waals surface area contributed by atoms with Crippen LogP contribution in [0.25, 0.3) is 0 Å². The van der Waals surface area contributed by atoms with E-state index in [2.05, 4.69) is 10.6 Å². The number of likely N-dealkylation sites (tertiary alicyclic amines) is 1. The van der Waals surface area contributed by atoms with Gasteiger partial charge in [0.15, 0.2) is 0 Å². The largest absolute Gasteiger partial charge is 0.370 e. The Morgan fingerprint density at radius 2 is 1.91 bits per heavy atom. The summed E-state index contributed by atoms with van der Waals surface area (Å²) in [6.07, 6.45) is -0.264. The minimum absolute atomic E-state index is 0.0820. The van der Waals surface area contributed by atoms with Crippen molar-refractivity contribution in [3.63, 3.8) is 0 Å². The fourth-order valence-electron chi connectivity index (χ4n) is 5.18. The summed E-state index contributed by atoms with van der Waals surface area (Å²) in [5.74, 6) is -5.18. The van der Waals surface area contributed by atoms with Gasteiger partial charge in [-0.25, -0.2) is 4.39 Å². The maximum absolute atomic E-state index is 14.1. The molecule has 2 aromatic carbocycles. The van der Waals surface area contributed by atoms with Crippen LogP contribution >= 0.6 is 11.6 Å². The van der Waals surface area contributed by atoms with Crippen LogP contribution in [0.4, 0.5) is 10.1 Å². The number of hydrogen-bond acceptors (Lipinski definition) is 5. The lowest BCUT2D eigenvalue weighted by molar-refractivity contribution is -0.143. The standard InChI is InChI=1S/C22H18ClFN4O4/c23-13-4-2-1-3-10(13)9-28-19(30)17-15(8-16(25)29)27-22(18(17)20(28)31)12-7-11(24)5-6-14(12)26-21(22)32/h1-7,15,17-18,27H,8-9H2,(H2,25,29)(H,26,32)/t15?,17-,18+,22?/m1/s1. The number of halogens is 2. The molecule has 4 atom stereocenters. The molecule has 0 saturated carbocycles. The molecule has 3 heterocycles. The number of hydrogen-bond donors (Lipinski definition) is 3. The average Bonchev–Trinajstić information content (AvgIpc) is 3.30. The lowest BCUT2D eigenvalue weighted by Crippen LogP contribution is -2.53. The Morgan fingerprint density at radius 1 is 1.16 bits per heavy atom. The van der Waals surface area contributed by atoms with E-state index >= 15 is 0 Å². The lowest BCUT2D eigenvalue weighted by atomic mass is 9.76. The molecule has 3 aliphatic heterocycles. The Kier molecular flexibility index (Phi) is 4.58. The maximum Gasteiger partial charge on any atom is 0.250 e. The van der Waals surface area contributed by atoms with E-state index in [4.69, 9.17) is 17.3 Å². The molecule has 0 radical (unpaired) electrons. The molecule has 2 aromatic rings. The second-order valence-corrected chi connectivity index (χ2v) is 8.64. The minimum atomic E-state index is -1.69. The second-order valence-electron chi connectivity index (χ2n) is 8.23. The van der Waals surface area contributed by atoms with Gasteiger partial charge in [0.25, 0.3) is 0 Å². The maximum atomic E-state index is 14.1. The van der Waals surface area contributed by atoms with Gasteiger partial charge in [-0.15, -0.1) is 0 Å². The van der Waals surface area contributed by atoms with E-state index in [0.29, 0.717) is 16.3 Å². The molecular formula is C22H18ClFN4O4. The molecule has 0 bridgehead atoms. The summed E-state index contributed by atoms with van der Waals surface area (Å²) >= 11 is 6.22. The number of anilines is 1. The van der Waals surface area contributed by atoms with Crippen molar-refractivity contribution < 1.29 is 23.6 Å². The van der Waals surface area contributed by atoms with Crippen molar-refractivity contribution in [1.82, 2.24) is 10.2 Å². The molecule has 3 aliphatic rings. The quantitative estimate of drug-likeness (QED) is 0.598. The van der Waals surface area contributed by atoms with E-state index in [1.54, 1.807) is 24.3 Å². The number of carbonyl (C=O) groups excluding carboxylic acids is 4. The molecule has 2 unspecified atom stereocenters. The zero-order valence-electron chi connectivity index (χ0n) is 16.6. The number of fused-ring (bicyclic) bond motifs is 4. The molecule has 2 fully saturated rings. The fraction of sp³-hybridized carbons (Fsp3) is 0.273. The highest BCUT2D eigenvalue weighted by Gasteiger charge is 2.70. The third kappa shape index (κ3) is 2.78. The molecule has 10 heteroatoms. The zero-order chi connectivity index (χ0) is 22.8. The van der Waals surface area contributed by atoms with Crippen LogP contribution in [-0.4, -0.2) is 34.6 Å². The first-order valence-corrected chi connectivity index (χ1v) is 10.4. The number of nitrogens with one attached hydrogen (secondary N) is 2. The zero-order valence-corrected chi connectivity index (χ0v) is 17.4. The normalized spacial score (nSPS) is 28.2. The average molecular weight is 457 g/mol. The van der Waals surface area contributed by atoms with E-state index in [1.165, 1.54) is 18.2 Å². The van der Waals surface area contributed by atoms with Crippen molar-refractivity contribution in [3.8, 4) is 0 Å². The van der Waals surface area contributed by atoms with Crippen molar-refractivity contribution in [1.29, 1.82) is 0 Å². The van der Waals surface area contributed by atoms with Crippen molar-refractivity contribution in [2.24, 2.45) is 17.6 Å². The van der Waals surface area contributed by atoms with Crippen molar-refractivity contribution in [2.75, 3.05) is 5.32 Å². The third-order valence-electron chi connectivity index (χ3n) is 6.48. The predicted octanol–water partition coefficient (Wildman–Crippen LogP) is 1.28. The predicted molar refractivity (Wildman–Crippen MR) is 111 cm³/mol. The van der Waals surface area contributed by atoms with Crippen LogP contribution in [0.15, 0.2) is 42.5 Å². The number of imide groups is 1. The molecule has 8 nitrogen and oxygen atoms in total. The molecule has 5 rings (SSSR count). The number of rotatable bonds is 4. The molecule has 1 spiro atoms. The van der Waals surface area contributed by atoms with Crippen LogP contribution in [0.5, 0.6) is 0 Å². The van der Waals surface area contributed by atoms with Crippen molar-refractivity contribution in [2.45, 2.75) is 24.5 Å². The molecule has 0 aromatic heterocycles. The van der Waals surface area contributed by atoms with E-state index in [1.807, 2.05) is 0 Å². The molecule has 164 valence electrons. The Labute approximate surface area is 186 Å². The van der Waals surface area contributed by atoms with Crippen molar-refractivity contribution >= 4 is 40.9 Å². The van der Waals surface area contributed by atoms with Crippen LogP contribution in [0, 0.1) is 17.7 Å².